The molecule has 0 saturated carbocycles. The highest BCUT2D eigenvalue weighted by molar-refractivity contribution is 5.97. The van der Waals surface area contributed by atoms with Crippen LogP contribution in [-0.2, 0) is 4.65 Å². The molecular formula is C5H13BCl2O. The van der Waals surface area contributed by atoms with Gasteiger partial charge in [-0.15, -0.1) is 24.8 Å². The molecule has 0 saturated heterocycles. The topological polar surface area (TPSA) is 9.23 Å². The van der Waals surface area contributed by atoms with E-state index in [0.717, 1.165) is 6.42 Å². The van der Waals surface area contributed by atoms with Gasteiger partial charge in [-0.25, -0.2) is 0 Å². The fraction of sp³-hybridized carbons (Fsp3) is 1.00. The van der Waals surface area contributed by atoms with Crippen LogP contribution < -0.4 is 0 Å². The molecule has 4 heteroatoms. The van der Waals surface area contributed by atoms with Gasteiger partial charge in [0.05, 0.1) is 0 Å². The van der Waals surface area contributed by atoms with E-state index in [-0.39, 0.29) is 24.8 Å². The van der Waals surface area contributed by atoms with E-state index in [4.69, 9.17) is 8.05 Å². The van der Waals surface area contributed by atoms with Gasteiger partial charge in [-0.3, -0.25) is 0 Å². The predicted molar refractivity (Wildman–Crippen MR) is 45.7 cm³/mol. The van der Waals surface area contributed by atoms with Crippen LogP contribution in [0.2, 0.25) is 0 Å². The number of unbranched alkanes of at least 4 members (excludes halogenated alkanes) is 2. The lowest BCUT2D eigenvalue weighted by molar-refractivity contribution is 0.335. The van der Waals surface area contributed by atoms with Crippen LogP contribution in [0, 0.1) is 0 Å². The van der Waals surface area contributed by atoms with Crippen LogP contribution in [0.15, 0.2) is 0 Å². The second kappa shape index (κ2) is 15.8. The predicted octanol–water partition coefficient (Wildman–Crippen LogP) is 2.12. The molecule has 0 rings (SSSR count). The van der Waals surface area contributed by atoms with Gasteiger partial charge >= 0.3 is 0 Å². The van der Waals surface area contributed by atoms with E-state index >= 15 is 0 Å². The van der Waals surface area contributed by atoms with E-state index in [9.17, 15) is 0 Å². The van der Waals surface area contributed by atoms with E-state index in [1.165, 1.54) is 12.8 Å². The summed E-state index contributed by atoms with van der Waals surface area (Å²) in [5.74, 6) is 0. The lowest BCUT2D eigenvalue weighted by atomic mass is 10.3. The first-order chi connectivity index (χ1) is 3.41. The Morgan fingerprint density at radius 2 is 1.78 bits per heavy atom. The Kier molecular flexibility index (Phi) is 28.7. The highest BCUT2D eigenvalue weighted by Crippen LogP contribution is 1.91. The van der Waals surface area contributed by atoms with Crippen LogP contribution in [0.1, 0.15) is 26.2 Å². The van der Waals surface area contributed by atoms with Gasteiger partial charge in [0.15, 0.2) is 0 Å². The van der Waals surface area contributed by atoms with Crippen LogP contribution in [0.5, 0.6) is 0 Å². The molecule has 2 radical (unpaired) electrons. The van der Waals surface area contributed by atoms with E-state index in [1.54, 1.807) is 0 Å². The quantitative estimate of drug-likeness (QED) is 0.464. The minimum Gasteiger partial charge on any atom is -0.448 e. The Morgan fingerprint density at radius 3 is 2.11 bits per heavy atom. The molecule has 0 aromatic heterocycles. The fourth-order valence-electron chi connectivity index (χ4n) is 0.435. The zero-order valence-electron chi connectivity index (χ0n) is 5.63. The van der Waals surface area contributed by atoms with Gasteiger partial charge in [0, 0.05) is 6.61 Å². The number of hydrogen-bond donors (Lipinski definition) is 0. The molecule has 0 N–H and O–H groups in total. The largest absolute Gasteiger partial charge is 0.448 e. The van der Waals surface area contributed by atoms with Crippen molar-refractivity contribution in [2.24, 2.45) is 0 Å². The Balaban J connectivity index is -0.000000180. The normalized spacial score (nSPS) is 7.22. The van der Waals surface area contributed by atoms with Crippen molar-refractivity contribution in [2.75, 3.05) is 6.61 Å². The summed E-state index contributed by atoms with van der Waals surface area (Å²) in [4.78, 5) is 0. The molecule has 0 fully saturated rings. The summed E-state index contributed by atoms with van der Waals surface area (Å²) in [6, 6.07) is 0. The van der Waals surface area contributed by atoms with Crippen molar-refractivity contribution in [2.45, 2.75) is 26.2 Å². The maximum atomic E-state index is 4.77. The van der Waals surface area contributed by atoms with Crippen molar-refractivity contribution in [1.82, 2.24) is 0 Å². The molecule has 0 aliphatic heterocycles. The van der Waals surface area contributed by atoms with Crippen molar-refractivity contribution in [3.63, 3.8) is 0 Å². The maximum absolute atomic E-state index is 4.77. The number of halogens is 2. The smallest absolute Gasteiger partial charge is 0.282 e. The van der Waals surface area contributed by atoms with Gasteiger partial charge < -0.3 is 4.65 Å². The molecule has 0 aromatic carbocycles. The molecule has 0 aliphatic rings. The highest BCUT2D eigenvalue weighted by Gasteiger charge is 1.79. The molecule has 56 valence electrons. The zero-order chi connectivity index (χ0) is 5.54. The fourth-order valence-corrected chi connectivity index (χ4v) is 0.435. The van der Waals surface area contributed by atoms with Crippen LogP contribution in [0.3, 0.4) is 0 Å². The molecule has 0 aromatic rings. The molecule has 0 unspecified atom stereocenters. The van der Waals surface area contributed by atoms with E-state index in [1.807, 2.05) is 0 Å². The van der Waals surface area contributed by atoms with E-state index < -0.39 is 0 Å². The Labute approximate surface area is 70.8 Å². The van der Waals surface area contributed by atoms with Crippen molar-refractivity contribution < 1.29 is 4.65 Å². The van der Waals surface area contributed by atoms with Crippen LogP contribution in [-0.4, -0.2) is 14.7 Å². The third-order valence-electron chi connectivity index (χ3n) is 0.866. The summed E-state index contributed by atoms with van der Waals surface area (Å²) in [5, 5.41) is 0. The third-order valence-corrected chi connectivity index (χ3v) is 0.866. The van der Waals surface area contributed by atoms with Gasteiger partial charge in [0.25, 0.3) is 8.05 Å². The van der Waals surface area contributed by atoms with Gasteiger partial charge in [0.1, 0.15) is 0 Å². The number of rotatable bonds is 4. The Bertz CT molecular complexity index is 34.1. The molecule has 9 heavy (non-hydrogen) atoms. The summed E-state index contributed by atoms with van der Waals surface area (Å²) in [5.41, 5.74) is 0. The molecule has 0 atom stereocenters. The first kappa shape index (κ1) is 16.3. The maximum Gasteiger partial charge on any atom is 0.282 e. The molecule has 0 spiro atoms. The SMILES string of the molecule is Cl.Cl.[B]OCCCCC. The molecule has 0 amide bonds. The molecular weight excluding hydrogens is 158 g/mol. The minimum atomic E-state index is 0. The highest BCUT2D eigenvalue weighted by atomic mass is 35.5. The second-order valence-electron chi connectivity index (χ2n) is 1.58. The van der Waals surface area contributed by atoms with Crippen molar-refractivity contribution in [3.8, 4) is 0 Å². The average molecular weight is 171 g/mol. The first-order valence-electron chi connectivity index (χ1n) is 2.73. The monoisotopic (exact) mass is 170 g/mol. The van der Waals surface area contributed by atoms with Gasteiger partial charge in [-0.05, 0) is 6.42 Å². The van der Waals surface area contributed by atoms with Crippen molar-refractivity contribution in [1.29, 1.82) is 0 Å². The van der Waals surface area contributed by atoms with E-state index in [2.05, 4.69) is 11.6 Å². The first-order valence-corrected chi connectivity index (χ1v) is 2.73. The van der Waals surface area contributed by atoms with Crippen LogP contribution >= 0.6 is 24.8 Å². The van der Waals surface area contributed by atoms with Crippen LogP contribution in [0.25, 0.3) is 0 Å². The van der Waals surface area contributed by atoms with Gasteiger partial charge in [-0.1, -0.05) is 19.8 Å². The summed E-state index contributed by atoms with van der Waals surface area (Å²) in [7, 11) is 4.77. The summed E-state index contributed by atoms with van der Waals surface area (Å²) < 4.78 is 4.34. The van der Waals surface area contributed by atoms with Crippen LogP contribution in [0.4, 0.5) is 0 Å². The lowest BCUT2D eigenvalue weighted by Gasteiger charge is -1.93. The number of hydrogen-bond acceptors (Lipinski definition) is 1. The minimum absolute atomic E-state index is 0. The average Bonchev–Trinajstić information content (AvgIpc) is 1.69. The van der Waals surface area contributed by atoms with Crippen molar-refractivity contribution in [3.05, 3.63) is 0 Å². The lowest BCUT2D eigenvalue weighted by Crippen LogP contribution is -1.87. The molecule has 0 bridgehead atoms. The zero-order valence-corrected chi connectivity index (χ0v) is 7.26. The van der Waals surface area contributed by atoms with E-state index in [0.29, 0.717) is 6.61 Å². The molecule has 0 aliphatic carbocycles. The summed E-state index contributed by atoms with van der Waals surface area (Å²) >= 11 is 0. The molecule has 1 nitrogen and oxygen atoms in total. The molecule has 0 heterocycles. The Morgan fingerprint density at radius 1 is 1.22 bits per heavy atom. The Hall–Kier alpha value is 0.605. The summed E-state index contributed by atoms with van der Waals surface area (Å²) in [6.07, 6.45) is 3.54. The summed E-state index contributed by atoms with van der Waals surface area (Å²) in [6.45, 7) is 2.85. The van der Waals surface area contributed by atoms with Crippen molar-refractivity contribution >= 4 is 32.9 Å². The van der Waals surface area contributed by atoms with Gasteiger partial charge in [0.2, 0.25) is 0 Å². The third kappa shape index (κ3) is 17.7. The van der Waals surface area contributed by atoms with Gasteiger partial charge in [-0.2, -0.15) is 0 Å². The standard InChI is InChI=1S/C5H11BO.2ClH/c1-2-3-4-5-7-6;;/h2-5H2,1H3;2*1H. The second-order valence-corrected chi connectivity index (χ2v) is 1.58.